The highest BCUT2D eigenvalue weighted by molar-refractivity contribution is 6.35. The number of halogens is 1. The molecule has 1 amide bonds. The zero-order valence-electron chi connectivity index (χ0n) is 14.7. The van der Waals surface area contributed by atoms with E-state index in [9.17, 15) is 4.79 Å². The third-order valence-corrected chi connectivity index (χ3v) is 5.27. The van der Waals surface area contributed by atoms with E-state index >= 15 is 0 Å². The maximum Gasteiger partial charge on any atom is 0.253 e. The number of aromatic nitrogens is 1. The van der Waals surface area contributed by atoms with E-state index in [2.05, 4.69) is 16.9 Å². The fourth-order valence-electron chi connectivity index (χ4n) is 3.29. The van der Waals surface area contributed by atoms with E-state index in [1.807, 2.05) is 47.4 Å². The Hall–Kier alpha value is -2.43. The average molecular weight is 366 g/mol. The molecule has 1 saturated heterocycles. The molecule has 0 aliphatic carbocycles. The fourth-order valence-corrected chi connectivity index (χ4v) is 3.51. The minimum Gasteiger partial charge on any atom is -0.336 e. The molecule has 5 heteroatoms. The van der Waals surface area contributed by atoms with Gasteiger partial charge in [0.2, 0.25) is 0 Å². The van der Waals surface area contributed by atoms with Crippen LogP contribution in [0.2, 0.25) is 5.02 Å². The molecular formula is C21H20ClN3O. The Morgan fingerprint density at radius 1 is 0.962 bits per heavy atom. The number of benzene rings is 2. The third-order valence-electron chi connectivity index (χ3n) is 4.95. The van der Waals surface area contributed by atoms with E-state index in [4.69, 9.17) is 11.6 Å². The quantitative estimate of drug-likeness (QED) is 0.690. The highest BCUT2D eigenvalue weighted by Crippen LogP contribution is 2.27. The van der Waals surface area contributed by atoms with Crippen molar-refractivity contribution in [1.29, 1.82) is 0 Å². The van der Waals surface area contributed by atoms with E-state index in [1.54, 1.807) is 12.3 Å². The molecule has 0 spiro atoms. The molecule has 0 atom stereocenters. The van der Waals surface area contributed by atoms with Gasteiger partial charge in [-0.15, -0.1) is 0 Å². The maximum atomic E-state index is 12.6. The Labute approximate surface area is 158 Å². The normalized spacial score (nSPS) is 15.4. The second-order valence-electron chi connectivity index (χ2n) is 6.70. The van der Waals surface area contributed by atoms with Gasteiger partial charge in [-0.2, -0.15) is 0 Å². The number of carbonyl (C=O) groups is 1. The van der Waals surface area contributed by atoms with Crippen molar-refractivity contribution < 1.29 is 4.79 Å². The Kier molecular flexibility index (Phi) is 4.62. The number of hydrogen-bond donors (Lipinski definition) is 0. The van der Waals surface area contributed by atoms with Crippen LogP contribution in [0.15, 0.2) is 54.7 Å². The van der Waals surface area contributed by atoms with E-state index < -0.39 is 0 Å². The van der Waals surface area contributed by atoms with Crippen LogP contribution in [0.4, 0.5) is 0 Å². The number of hydrogen-bond acceptors (Lipinski definition) is 3. The number of likely N-dealkylation sites (N-methyl/N-ethyl adjacent to an activating group) is 1. The first-order valence-electron chi connectivity index (χ1n) is 8.74. The Morgan fingerprint density at radius 2 is 1.65 bits per heavy atom. The van der Waals surface area contributed by atoms with Crippen molar-refractivity contribution in [2.45, 2.75) is 0 Å². The summed E-state index contributed by atoms with van der Waals surface area (Å²) < 4.78 is 0. The molecule has 0 bridgehead atoms. The Bertz CT molecular complexity index is 947. The molecule has 132 valence electrons. The van der Waals surface area contributed by atoms with Crippen molar-refractivity contribution >= 4 is 28.4 Å². The highest BCUT2D eigenvalue weighted by Gasteiger charge is 2.20. The standard InChI is InChI=1S/C21H20ClN3O/c1-24-10-12-25(13-11-24)21(26)16-4-2-15(3-5-16)17-6-7-18-19(22)8-9-23-20(18)14-17/h2-9,14H,10-13H2,1H3. The van der Waals surface area contributed by atoms with Crippen LogP contribution in [0.3, 0.4) is 0 Å². The number of pyridine rings is 1. The largest absolute Gasteiger partial charge is 0.336 e. The van der Waals surface area contributed by atoms with E-state index in [1.165, 1.54) is 0 Å². The fraction of sp³-hybridized carbons (Fsp3) is 0.238. The van der Waals surface area contributed by atoms with Crippen LogP contribution in [0.5, 0.6) is 0 Å². The van der Waals surface area contributed by atoms with Crippen molar-refractivity contribution in [1.82, 2.24) is 14.8 Å². The van der Waals surface area contributed by atoms with Crippen LogP contribution in [-0.4, -0.2) is 53.9 Å². The summed E-state index contributed by atoms with van der Waals surface area (Å²) >= 11 is 6.21. The Balaban J connectivity index is 1.57. The lowest BCUT2D eigenvalue weighted by Crippen LogP contribution is -2.47. The zero-order chi connectivity index (χ0) is 18.1. The smallest absolute Gasteiger partial charge is 0.253 e. The molecule has 0 N–H and O–H groups in total. The number of nitrogens with zero attached hydrogens (tertiary/aromatic N) is 3. The topological polar surface area (TPSA) is 36.4 Å². The van der Waals surface area contributed by atoms with Crippen LogP contribution >= 0.6 is 11.6 Å². The first-order chi connectivity index (χ1) is 12.6. The number of carbonyl (C=O) groups excluding carboxylic acids is 1. The lowest BCUT2D eigenvalue weighted by atomic mass is 10.0. The zero-order valence-corrected chi connectivity index (χ0v) is 15.4. The molecule has 0 saturated carbocycles. The summed E-state index contributed by atoms with van der Waals surface area (Å²) in [7, 11) is 2.09. The van der Waals surface area contributed by atoms with Gasteiger partial charge in [0.25, 0.3) is 5.91 Å². The molecule has 1 aliphatic heterocycles. The summed E-state index contributed by atoms with van der Waals surface area (Å²) in [6.45, 7) is 3.43. The molecule has 2 aromatic carbocycles. The highest BCUT2D eigenvalue weighted by atomic mass is 35.5. The number of amides is 1. The molecular weight excluding hydrogens is 346 g/mol. The first kappa shape index (κ1) is 17.0. The van der Waals surface area contributed by atoms with Crippen LogP contribution in [0.1, 0.15) is 10.4 Å². The van der Waals surface area contributed by atoms with Crippen molar-refractivity contribution in [2.24, 2.45) is 0 Å². The third kappa shape index (κ3) is 3.30. The van der Waals surface area contributed by atoms with Gasteiger partial charge in [-0.05, 0) is 42.4 Å². The van der Waals surface area contributed by atoms with Crippen LogP contribution < -0.4 is 0 Å². The number of fused-ring (bicyclic) bond motifs is 1. The summed E-state index contributed by atoms with van der Waals surface area (Å²) in [6, 6.07) is 15.7. The lowest BCUT2D eigenvalue weighted by molar-refractivity contribution is 0.0664. The SMILES string of the molecule is CN1CCN(C(=O)c2ccc(-c3ccc4c(Cl)ccnc4c3)cc2)CC1. The van der Waals surface area contributed by atoms with Gasteiger partial charge >= 0.3 is 0 Å². The van der Waals surface area contributed by atoms with E-state index in [0.29, 0.717) is 5.02 Å². The van der Waals surface area contributed by atoms with Gasteiger partial charge in [0, 0.05) is 43.3 Å². The first-order valence-corrected chi connectivity index (χ1v) is 9.12. The van der Waals surface area contributed by atoms with E-state index in [0.717, 1.165) is 53.8 Å². The Morgan fingerprint density at radius 3 is 2.38 bits per heavy atom. The van der Waals surface area contributed by atoms with Crippen molar-refractivity contribution in [3.8, 4) is 11.1 Å². The monoisotopic (exact) mass is 365 g/mol. The summed E-state index contributed by atoms with van der Waals surface area (Å²) in [5.41, 5.74) is 3.72. The van der Waals surface area contributed by atoms with Crippen LogP contribution in [0, 0.1) is 0 Å². The second-order valence-corrected chi connectivity index (χ2v) is 7.10. The lowest BCUT2D eigenvalue weighted by Gasteiger charge is -2.32. The molecule has 4 nitrogen and oxygen atoms in total. The van der Waals surface area contributed by atoms with Gasteiger partial charge in [-0.3, -0.25) is 9.78 Å². The minimum atomic E-state index is 0.108. The average Bonchev–Trinajstić information content (AvgIpc) is 2.68. The van der Waals surface area contributed by atoms with Crippen LogP contribution in [-0.2, 0) is 0 Å². The molecule has 4 rings (SSSR count). The molecule has 1 fully saturated rings. The number of rotatable bonds is 2. The van der Waals surface area contributed by atoms with Gasteiger partial charge in [0.1, 0.15) is 0 Å². The molecule has 26 heavy (non-hydrogen) atoms. The summed E-state index contributed by atoms with van der Waals surface area (Å²) in [6.07, 6.45) is 1.71. The molecule has 2 heterocycles. The molecule has 1 aliphatic rings. The predicted octanol–water partition coefficient (Wildman–Crippen LogP) is 3.94. The summed E-state index contributed by atoms with van der Waals surface area (Å²) in [5, 5.41) is 1.65. The van der Waals surface area contributed by atoms with Crippen molar-refractivity contribution in [3.05, 3.63) is 65.3 Å². The minimum absolute atomic E-state index is 0.108. The van der Waals surface area contributed by atoms with Crippen molar-refractivity contribution in [3.63, 3.8) is 0 Å². The molecule has 3 aromatic rings. The van der Waals surface area contributed by atoms with Gasteiger partial charge in [-0.1, -0.05) is 35.9 Å². The van der Waals surface area contributed by atoms with Gasteiger partial charge in [0.15, 0.2) is 0 Å². The van der Waals surface area contributed by atoms with E-state index in [-0.39, 0.29) is 5.91 Å². The second kappa shape index (κ2) is 7.06. The van der Waals surface area contributed by atoms with Gasteiger partial charge < -0.3 is 9.80 Å². The van der Waals surface area contributed by atoms with Crippen molar-refractivity contribution in [2.75, 3.05) is 33.2 Å². The number of piperazine rings is 1. The predicted molar refractivity (Wildman–Crippen MR) is 106 cm³/mol. The molecule has 1 aromatic heterocycles. The van der Waals surface area contributed by atoms with Crippen LogP contribution in [0.25, 0.3) is 22.0 Å². The van der Waals surface area contributed by atoms with Gasteiger partial charge in [-0.25, -0.2) is 0 Å². The maximum absolute atomic E-state index is 12.6. The summed E-state index contributed by atoms with van der Waals surface area (Å²) in [4.78, 5) is 21.2. The van der Waals surface area contributed by atoms with Gasteiger partial charge in [0.05, 0.1) is 10.5 Å². The molecule has 0 radical (unpaired) electrons. The molecule has 0 unspecified atom stereocenters. The summed E-state index contributed by atoms with van der Waals surface area (Å²) in [5.74, 6) is 0.108.